The summed E-state index contributed by atoms with van der Waals surface area (Å²) in [4.78, 5) is 6.73. The Morgan fingerprint density at radius 1 is 0.818 bits per heavy atom. The minimum absolute atomic E-state index is 0.627. The van der Waals surface area contributed by atoms with Gasteiger partial charge in [-0.25, -0.2) is 0 Å². The molecule has 0 radical (unpaired) electrons. The van der Waals surface area contributed by atoms with Gasteiger partial charge in [0.1, 0.15) is 0 Å². The van der Waals surface area contributed by atoms with Crippen LogP contribution in [0.2, 0.25) is 0 Å². The van der Waals surface area contributed by atoms with Crippen LogP contribution in [0.5, 0.6) is 0 Å². The number of likely N-dealkylation sites (N-methyl/N-ethyl adjacent to an activating group) is 2. The summed E-state index contributed by atoms with van der Waals surface area (Å²) in [5.74, 6) is 0. The van der Waals surface area contributed by atoms with Gasteiger partial charge in [-0.3, -0.25) is 0 Å². The van der Waals surface area contributed by atoms with Crippen LogP contribution >= 0.6 is 11.8 Å². The number of benzene rings is 2. The molecule has 0 atom stereocenters. The van der Waals surface area contributed by atoms with Gasteiger partial charge in [-0.15, -0.1) is 0 Å². The highest BCUT2D eigenvalue weighted by atomic mass is 32.2. The highest BCUT2D eigenvalue weighted by Gasteiger charge is 2.04. The summed E-state index contributed by atoms with van der Waals surface area (Å²) < 4.78 is 0. The molecule has 4 N–H and O–H groups in total. The molecule has 2 aromatic carbocycles. The summed E-state index contributed by atoms with van der Waals surface area (Å²) in [6.45, 7) is 2.05. The number of anilines is 3. The van der Waals surface area contributed by atoms with E-state index in [0.717, 1.165) is 18.0 Å². The maximum absolute atomic E-state index is 5.85. The molecule has 0 fully saturated rings. The minimum Gasteiger partial charge on any atom is -0.397 e. The number of rotatable bonds is 6. The second-order valence-corrected chi connectivity index (χ2v) is 6.76. The minimum atomic E-state index is 0.627. The fraction of sp³-hybridized carbons (Fsp3) is 0.294. The quantitative estimate of drug-likeness (QED) is 0.802. The molecule has 2 rings (SSSR count). The van der Waals surface area contributed by atoms with Crippen molar-refractivity contribution in [2.24, 2.45) is 0 Å². The summed E-state index contributed by atoms with van der Waals surface area (Å²) in [6.07, 6.45) is 0. The summed E-state index contributed by atoms with van der Waals surface area (Å²) in [7, 11) is 6.30. The Morgan fingerprint density at radius 3 is 2.05 bits per heavy atom. The van der Waals surface area contributed by atoms with Crippen molar-refractivity contribution >= 4 is 28.8 Å². The monoisotopic (exact) mass is 316 g/mol. The van der Waals surface area contributed by atoms with Crippen LogP contribution < -0.4 is 16.4 Å². The van der Waals surface area contributed by atoms with Crippen molar-refractivity contribution in [1.29, 1.82) is 0 Å². The maximum atomic E-state index is 5.85. The molecule has 0 aromatic heterocycles. The summed E-state index contributed by atoms with van der Waals surface area (Å²) >= 11 is 1.69. The van der Waals surface area contributed by atoms with Gasteiger partial charge in [0, 0.05) is 35.6 Å². The standard InChI is InChI=1S/C17H24N4S/c1-20(2)10-11-21(3)13-4-6-14(7-5-13)22-15-8-9-16(18)17(19)12-15/h4-9,12H,10-11,18-19H2,1-3H3. The lowest BCUT2D eigenvalue weighted by atomic mass is 10.3. The molecule has 0 aliphatic carbocycles. The van der Waals surface area contributed by atoms with Gasteiger partial charge in [0.2, 0.25) is 0 Å². The zero-order valence-electron chi connectivity index (χ0n) is 13.4. The van der Waals surface area contributed by atoms with E-state index in [0.29, 0.717) is 11.4 Å². The summed E-state index contributed by atoms with van der Waals surface area (Å²) in [6, 6.07) is 14.3. The van der Waals surface area contributed by atoms with Crippen molar-refractivity contribution in [1.82, 2.24) is 4.90 Å². The molecule has 0 saturated carbocycles. The van der Waals surface area contributed by atoms with Crippen LogP contribution in [0.3, 0.4) is 0 Å². The van der Waals surface area contributed by atoms with Crippen LogP contribution in [0.4, 0.5) is 17.1 Å². The zero-order valence-corrected chi connectivity index (χ0v) is 14.2. The normalized spacial score (nSPS) is 10.9. The van der Waals surface area contributed by atoms with E-state index in [9.17, 15) is 0 Å². The molecule has 0 unspecified atom stereocenters. The molecular weight excluding hydrogens is 292 g/mol. The first kappa shape index (κ1) is 16.5. The summed E-state index contributed by atoms with van der Waals surface area (Å²) in [5, 5.41) is 0. The third kappa shape index (κ3) is 4.58. The largest absolute Gasteiger partial charge is 0.397 e. The fourth-order valence-electron chi connectivity index (χ4n) is 2.00. The van der Waals surface area contributed by atoms with E-state index in [1.165, 1.54) is 10.6 Å². The molecule has 5 heteroatoms. The average Bonchev–Trinajstić information content (AvgIpc) is 2.49. The van der Waals surface area contributed by atoms with Gasteiger partial charge in [0.05, 0.1) is 11.4 Å². The maximum Gasteiger partial charge on any atom is 0.0559 e. The van der Waals surface area contributed by atoms with Crippen LogP contribution in [0.25, 0.3) is 0 Å². The molecule has 2 aromatic rings. The number of nitrogen functional groups attached to an aromatic ring is 2. The zero-order chi connectivity index (χ0) is 16.1. The third-order valence-corrected chi connectivity index (χ3v) is 4.45. The van der Waals surface area contributed by atoms with Gasteiger partial charge in [0.15, 0.2) is 0 Å². The molecule has 118 valence electrons. The number of hydrogen-bond donors (Lipinski definition) is 2. The van der Waals surface area contributed by atoms with E-state index in [4.69, 9.17) is 11.5 Å². The first-order chi connectivity index (χ1) is 10.5. The topological polar surface area (TPSA) is 58.5 Å². The third-order valence-electron chi connectivity index (χ3n) is 3.45. The van der Waals surface area contributed by atoms with Gasteiger partial charge < -0.3 is 21.3 Å². The Bertz CT molecular complexity index is 611. The van der Waals surface area contributed by atoms with E-state index in [1.54, 1.807) is 11.8 Å². The van der Waals surface area contributed by atoms with Crippen molar-refractivity contribution in [3.63, 3.8) is 0 Å². The second-order valence-electron chi connectivity index (χ2n) is 5.61. The Morgan fingerprint density at radius 2 is 1.45 bits per heavy atom. The lowest BCUT2D eigenvalue weighted by molar-refractivity contribution is 0.416. The molecule has 0 aliphatic rings. The van der Waals surface area contributed by atoms with Crippen molar-refractivity contribution < 1.29 is 0 Å². The van der Waals surface area contributed by atoms with E-state index >= 15 is 0 Å². The average molecular weight is 316 g/mol. The molecule has 0 heterocycles. The predicted molar refractivity (Wildman–Crippen MR) is 97.7 cm³/mol. The van der Waals surface area contributed by atoms with E-state index in [-0.39, 0.29) is 0 Å². The highest BCUT2D eigenvalue weighted by Crippen LogP contribution is 2.31. The Kier molecular flexibility index (Phi) is 5.57. The van der Waals surface area contributed by atoms with Gasteiger partial charge in [0.25, 0.3) is 0 Å². The lowest BCUT2D eigenvalue weighted by Crippen LogP contribution is -2.28. The van der Waals surface area contributed by atoms with Gasteiger partial charge in [-0.05, 0) is 56.6 Å². The lowest BCUT2D eigenvalue weighted by Gasteiger charge is -2.21. The van der Waals surface area contributed by atoms with Gasteiger partial charge in [-0.1, -0.05) is 11.8 Å². The highest BCUT2D eigenvalue weighted by molar-refractivity contribution is 7.99. The Labute approximate surface area is 137 Å². The van der Waals surface area contributed by atoms with Crippen molar-refractivity contribution in [2.45, 2.75) is 9.79 Å². The predicted octanol–water partition coefficient (Wildman–Crippen LogP) is 3.00. The van der Waals surface area contributed by atoms with E-state index in [1.807, 2.05) is 18.2 Å². The first-order valence-electron chi connectivity index (χ1n) is 7.24. The van der Waals surface area contributed by atoms with Crippen LogP contribution in [-0.4, -0.2) is 39.1 Å². The van der Waals surface area contributed by atoms with E-state index < -0.39 is 0 Å². The molecular formula is C17H24N4S. The van der Waals surface area contributed by atoms with E-state index in [2.05, 4.69) is 55.2 Å². The van der Waals surface area contributed by atoms with Crippen molar-refractivity contribution in [2.75, 3.05) is 50.6 Å². The molecule has 0 spiro atoms. The molecule has 4 nitrogen and oxygen atoms in total. The van der Waals surface area contributed by atoms with Crippen molar-refractivity contribution in [3.05, 3.63) is 42.5 Å². The summed E-state index contributed by atoms with van der Waals surface area (Å²) in [5.41, 5.74) is 14.1. The van der Waals surface area contributed by atoms with Gasteiger partial charge >= 0.3 is 0 Å². The van der Waals surface area contributed by atoms with Crippen LogP contribution in [-0.2, 0) is 0 Å². The Balaban J connectivity index is 2.00. The van der Waals surface area contributed by atoms with Gasteiger partial charge in [-0.2, -0.15) is 0 Å². The smallest absolute Gasteiger partial charge is 0.0559 e. The number of nitrogens with two attached hydrogens (primary N) is 2. The molecule has 22 heavy (non-hydrogen) atoms. The first-order valence-corrected chi connectivity index (χ1v) is 8.06. The molecule has 0 aliphatic heterocycles. The van der Waals surface area contributed by atoms with Crippen LogP contribution in [0.15, 0.2) is 52.3 Å². The second kappa shape index (κ2) is 7.42. The van der Waals surface area contributed by atoms with Crippen molar-refractivity contribution in [3.8, 4) is 0 Å². The SMILES string of the molecule is CN(C)CCN(C)c1ccc(Sc2ccc(N)c(N)c2)cc1. The number of hydrogen-bond acceptors (Lipinski definition) is 5. The molecule has 0 bridgehead atoms. The molecule has 0 amide bonds. The van der Waals surface area contributed by atoms with Crippen LogP contribution in [0.1, 0.15) is 0 Å². The fourth-order valence-corrected chi connectivity index (χ4v) is 2.87. The number of nitrogens with zero attached hydrogens (tertiary/aromatic N) is 2. The Hall–Kier alpha value is -1.85. The molecule has 0 saturated heterocycles. The van der Waals surface area contributed by atoms with Crippen LogP contribution in [0, 0.1) is 0 Å².